The van der Waals surface area contributed by atoms with E-state index in [9.17, 15) is 0 Å². The highest BCUT2D eigenvalue weighted by Crippen LogP contribution is 2.68. The summed E-state index contributed by atoms with van der Waals surface area (Å²) >= 11 is 0. The van der Waals surface area contributed by atoms with Crippen LogP contribution in [0.15, 0.2) is 227 Å². The minimum atomic E-state index is -1.60. The van der Waals surface area contributed by atoms with Crippen molar-refractivity contribution < 1.29 is 8.83 Å². The first kappa shape index (κ1) is 43.6. The van der Waals surface area contributed by atoms with Gasteiger partial charge in [0.2, 0.25) is 0 Å². The summed E-state index contributed by atoms with van der Waals surface area (Å²) in [6.07, 6.45) is 0. The molecule has 0 bridgehead atoms. The maximum atomic E-state index is 7.49. The third-order valence-corrected chi connectivity index (χ3v) is 19.9. The minimum absolute atomic E-state index is 0.769. The second kappa shape index (κ2) is 15.9. The van der Waals surface area contributed by atoms with Gasteiger partial charge in [-0.2, -0.15) is 0 Å². The molecule has 4 nitrogen and oxygen atoms in total. The van der Waals surface area contributed by atoms with Crippen LogP contribution in [0.25, 0.3) is 66.1 Å². The fourth-order valence-electron chi connectivity index (χ4n) is 12.4. The monoisotopic (exact) mass is 974 g/mol. The molecule has 0 N–H and O–H groups in total. The Balaban J connectivity index is 1.18. The van der Waals surface area contributed by atoms with Gasteiger partial charge in [-0.25, -0.2) is 0 Å². The Hall–Kier alpha value is -8.17. The summed E-state index contributed by atoms with van der Waals surface area (Å²) in [6, 6.07) is 80.8. The zero-order valence-electron chi connectivity index (χ0n) is 42.0. The Labute approximate surface area is 428 Å². The number of benzene rings is 10. The first-order chi connectivity index (χ1) is 35.5. The van der Waals surface area contributed by atoms with Crippen molar-refractivity contribution in [2.75, 3.05) is 9.80 Å². The van der Waals surface area contributed by atoms with Crippen LogP contribution in [0.1, 0.15) is 22.3 Å². The zero-order valence-corrected chi connectivity index (χ0v) is 44.0. The molecule has 2 aliphatic carbocycles. The van der Waals surface area contributed by atoms with E-state index < -0.39 is 21.6 Å². The lowest BCUT2D eigenvalue weighted by atomic mass is 9.70. The SMILES string of the molecule is C[Si](C)(C)c1ccc(N(c2ccccc2)c2cc3c(c4c2oc2ccccc24)-c2c(cc(N(c4ccccc4)c4ccc([Si](C)(C)C)cc4)c4c2oc2ccccc24)C32c3ccccc3-c3ccccc32)cc1. The van der Waals surface area contributed by atoms with Crippen LogP contribution in [0.4, 0.5) is 34.1 Å². The Kier molecular flexibility index (Phi) is 9.51. The predicted octanol–water partition coefficient (Wildman–Crippen LogP) is 17.9. The summed E-state index contributed by atoms with van der Waals surface area (Å²) in [6.45, 7) is 14.5. The van der Waals surface area contributed by atoms with Crippen LogP contribution in [0.2, 0.25) is 39.3 Å². The maximum absolute atomic E-state index is 7.49. The standard InChI is InChI=1S/C67H54N2O2Si2/c1-72(2,3)47-37-33-45(34-38-47)68(43-21-9-7-10-22-43)57-41-56-64(66-61(57)51-27-15-19-31-59(51)71-66)63-55(67(56)53-29-17-13-25-49(53)50-26-14-18-30-54(50)67)42-58(65-62(63)52-28-16-20-32-60(52)70-65)69(44-23-11-8-12-24-44)46-35-39-48(40-36-46)73(4,5)6/h7-42H,1-6H3. The Morgan fingerprint density at radius 1 is 0.342 bits per heavy atom. The number of rotatable bonds is 8. The normalized spacial score (nSPS) is 13.5. The van der Waals surface area contributed by atoms with Gasteiger partial charge in [-0.3, -0.25) is 0 Å². The lowest BCUT2D eigenvalue weighted by Crippen LogP contribution is -2.37. The fourth-order valence-corrected chi connectivity index (χ4v) is 14.7. The van der Waals surface area contributed by atoms with E-state index in [2.05, 4.69) is 267 Å². The number of furan rings is 2. The number of hydrogen-bond acceptors (Lipinski definition) is 4. The van der Waals surface area contributed by atoms with Gasteiger partial charge in [-0.05, 0) is 106 Å². The van der Waals surface area contributed by atoms with Gasteiger partial charge >= 0.3 is 0 Å². The van der Waals surface area contributed by atoms with Gasteiger partial charge in [0.1, 0.15) is 16.7 Å². The second-order valence-corrected chi connectivity index (χ2v) is 32.2. The van der Waals surface area contributed by atoms with Crippen molar-refractivity contribution in [1.82, 2.24) is 0 Å². The Morgan fingerprint density at radius 3 is 1.26 bits per heavy atom. The summed E-state index contributed by atoms with van der Waals surface area (Å²) < 4.78 is 14.8. The summed E-state index contributed by atoms with van der Waals surface area (Å²) in [4.78, 5) is 4.89. The van der Waals surface area contributed by atoms with Crippen LogP contribution < -0.4 is 20.2 Å². The van der Waals surface area contributed by atoms with Crippen molar-refractivity contribution in [2.45, 2.75) is 44.7 Å². The molecule has 0 unspecified atom stereocenters. The van der Waals surface area contributed by atoms with Crippen LogP contribution in [0.3, 0.4) is 0 Å². The molecule has 73 heavy (non-hydrogen) atoms. The van der Waals surface area contributed by atoms with Crippen molar-refractivity contribution in [3.05, 3.63) is 241 Å². The van der Waals surface area contributed by atoms with E-state index in [1.54, 1.807) is 0 Å². The largest absolute Gasteiger partial charge is 0.455 e. The molecule has 0 saturated heterocycles. The van der Waals surface area contributed by atoms with Gasteiger partial charge in [0.15, 0.2) is 5.58 Å². The van der Waals surface area contributed by atoms with Crippen LogP contribution in [0, 0.1) is 0 Å². The lowest BCUT2D eigenvalue weighted by Gasteiger charge is -2.33. The molecule has 2 aliphatic rings. The molecule has 0 fully saturated rings. The third kappa shape index (κ3) is 6.36. The van der Waals surface area contributed by atoms with Gasteiger partial charge in [0, 0.05) is 50.0 Å². The third-order valence-electron chi connectivity index (χ3n) is 15.8. The van der Waals surface area contributed by atoms with Crippen LogP contribution in [-0.2, 0) is 5.41 Å². The summed E-state index contributed by atoms with van der Waals surface area (Å²) in [5.41, 5.74) is 18.6. The molecule has 6 heteroatoms. The van der Waals surface area contributed by atoms with Gasteiger partial charge < -0.3 is 18.6 Å². The highest BCUT2D eigenvalue weighted by Gasteiger charge is 2.54. The van der Waals surface area contributed by atoms with E-state index in [4.69, 9.17) is 8.83 Å². The van der Waals surface area contributed by atoms with Gasteiger partial charge in [0.05, 0.1) is 38.3 Å². The molecule has 14 rings (SSSR count). The second-order valence-electron chi connectivity index (χ2n) is 22.0. The van der Waals surface area contributed by atoms with E-state index in [0.29, 0.717) is 0 Å². The molecule has 0 radical (unpaired) electrons. The first-order valence-electron chi connectivity index (χ1n) is 25.6. The van der Waals surface area contributed by atoms with Crippen LogP contribution in [-0.4, -0.2) is 16.1 Å². The summed E-state index contributed by atoms with van der Waals surface area (Å²) in [5.74, 6) is 0. The number of para-hydroxylation sites is 4. The van der Waals surface area contributed by atoms with Crippen molar-refractivity contribution in [3.63, 3.8) is 0 Å². The molecule has 2 heterocycles. The molecule has 10 aromatic carbocycles. The number of nitrogens with zero attached hydrogens (tertiary/aromatic N) is 2. The molecule has 352 valence electrons. The van der Waals surface area contributed by atoms with Gasteiger partial charge in [0.25, 0.3) is 0 Å². The van der Waals surface area contributed by atoms with Crippen LogP contribution >= 0.6 is 0 Å². The predicted molar refractivity (Wildman–Crippen MR) is 313 cm³/mol. The summed E-state index contributed by atoms with van der Waals surface area (Å²) in [5, 5.41) is 7.15. The molecule has 0 amide bonds. The van der Waals surface area contributed by atoms with Crippen molar-refractivity contribution in [2.24, 2.45) is 0 Å². The van der Waals surface area contributed by atoms with E-state index in [1.807, 2.05) is 0 Å². The van der Waals surface area contributed by atoms with Gasteiger partial charge in [-0.15, -0.1) is 0 Å². The quantitative estimate of drug-likeness (QED) is 0.142. The number of hydrogen-bond donors (Lipinski definition) is 0. The van der Waals surface area contributed by atoms with Crippen molar-refractivity contribution in [3.8, 4) is 22.3 Å². The molecule has 2 aromatic heterocycles. The highest BCUT2D eigenvalue weighted by molar-refractivity contribution is 6.89. The molecule has 0 atom stereocenters. The molecule has 12 aromatic rings. The van der Waals surface area contributed by atoms with E-state index >= 15 is 0 Å². The first-order valence-corrected chi connectivity index (χ1v) is 32.6. The Morgan fingerprint density at radius 2 is 0.740 bits per heavy atom. The molecule has 0 saturated carbocycles. The van der Waals surface area contributed by atoms with E-state index in [-0.39, 0.29) is 0 Å². The van der Waals surface area contributed by atoms with Crippen molar-refractivity contribution in [1.29, 1.82) is 0 Å². The molecular weight excluding hydrogens is 921 g/mol. The average Bonchev–Trinajstić information content (AvgIpc) is 4.15. The van der Waals surface area contributed by atoms with E-state index in [0.717, 1.165) is 89.1 Å². The topological polar surface area (TPSA) is 32.8 Å². The number of anilines is 6. The smallest absolute Gasteiger partial charge is 0.160 e. The van der Waals surface area contributed by atoms with E-state index in [1.165, 1.54) is 43.8 Å². The zero-order chi connectivity index (χ0) is 49.4. The molecule has 1 spiro atoms. The number of fused-ring (bicyclic) bond motifs is 18. The molecular formula is C67H54N2O2Si2. The summed E-state index contributed by atoms with van der Waals surface area (Å²) in [7, 11) is -3.21. The van der Waals surface area contributed by atoms with Crippen molar-refractivity contribution >= 4 is 105 Å². The Bertz CT molecular complexity index is 4120. The maximum Gasteiger partial charge on any atom is 0.160 e. The average molecular weight is 975 g/mol. The lowest BCUT2D eigenvalue weighted by molar-refractivity contribution is 0.668. The molecule has 0 aliphatic heterocycles. The van der Waals surface area contributed by atoms with Gasteiger partial charge in [-0.1, -0.05) is 195 Å². The minimum Gasteiger partial charge on any atom is -0.455 e. The highest BCUT2D eigenvalue weighted by atomic mass is 28.3. The fraction of sp³-hybridized carbons (Fsp3) is 0.104. The van der Waals surface area contributed by atoms with Crippen LogP contribution in [0.5, 0.6) is 0 Å².